The molecule has 2 heterocycles. The molecule has 1 N–H and O–H groups in total. The molecular formula is C15H28N2. The van der Waals surface area contributed by atoms with Gasteiger partial charge in [0.05, 0.1) is 0 Å². The van der Waals surface area contributed by atoms with Gasteiger partial charge in [0.25, 0.3) is 0 Å². The van der Waals surface area contributed by atoms with Crippen molar-refractivity contribution >= 4 is 0 Å². The first-order valence-electron chi connectivity index (χ1n) is 7.78. The molecule has 0 bridgehead atoms. The second-order valence-corrected chi connectivity index (χ2v) is 6.65. The summed E-state index contributed by atoms with van der Waals surface area (Å²) in [6.45, 7) is 7.65. The van der Waals surface area contributed by atoms with Gasteiger partial charge < -0.3 is 5.32 Å². The van der Waals surface area contributed by atoms with E-state index in [1.54, 1.807) is 0 Å². The summed E-state index contributed by atoms with van der Waals surface area (Å²) in [6, 6.07) is 0.952. The Morgan fingerprint density at radius 3 is 2.88 bits per heavy atom. The van der Waals surface area contributed by atoms with E-state index in [1.807, 2.05) is 0 Å². The summed E-state index contributed by atoms with van der Waals surface area (Å²) in [5, 5.41) is 3.59. The molecule has 2 aliphatic heterocycles. The number of nitrogens with zero attached hydrogens (tertiary/aromatic N) is 1. The van der Waals surface area contributed by atoms with Gasteiger partial charge in [0.15, 0.2) is 0 Å². The third-order valence-electron chi connectivity index (χ3n) is 5.73. The summed E-state index contributed by atoms with van der Waals surface area (Å²) < 4.78 is 0. The molecule has 0 aromatic carbocycles. The average molecular weight is 236 g/mol. The normalized spacial score (nSPS) is 42.9. The maximum atomic E-state index is 3.59. The third-order valence-corrected chi connectivity index (χ3v) is 5.73. The Balaban J connectivity index is 1.66. The van der Waals surface area contributed by atoms with E-state index < -0.39 is 0 Å². The molecule has 1 aliphatic carbocycles. The van der Waals surface area contributed by atoms with Crippen LogP contribution in [-0.4, -0.2) is 37.1 Å². The van der Waals surface area contributed by atoms with Crippen LogP contribution in [0, 0.1) is 11.3 Å². The minimum absolute atomic E-state index is 0.602. The first-order chi connectivity index (χ1) is 8.33. The van der Waals surface area contributed by atoms with Crippen LogP contribution in [0.1, 0.15) is 51.9 Å². The van der Waals surface area contributed by atoms with Crippen LogP contribution in [0.25, 0.3) is 0 Å². The Morgan fingerprint density at radius 2 is 2.12 bits per heavy atom. The van der Waals surface area contributed by atoms with E-state index in [2.05, 4.69) is 17.1 Å². The van der Waals surface area contributed by atoms with Crippen LogP contribution in [0.2, 0.25) is 0 Å². The Hall–Kier alpha value is -0.0800. The van der Waals surface area contributed by atoms with Gasteiger partial charge in [-0.25, -0.2) is 0 Å². The number of rotatable bonds is 3. The summed E-state index contributed by atoms with van der Waals surface area (Å²) in [5.41, 5.74) is 0.602. The Kier molecular flexibility index (Phi) is 3.45. The largest absolute Gasteiger partial charge is 0.316 e. The van der Waals surface area contributed by atoms with Gasteiger partial charge in [-0.05, 0) is 62.9 Å². The summed E-state index contributed by atoms with van der Waals surface area (Å²) in [4.78, 5) is 2.87. The lowest BCUT2D eigenvalue weighted by molar-refractivity contribution is 0.0636. The number of piperidine rings is 1. The van der Waals surface area contributed by atoms with E-state index in [4.69, 9.17) is 0 Å². The molecule has 2 heteroatoms. The molecule has 3 rings (SSSR count). The smallest absolute Gasteiger partial charge is 0.0124 e. The molecule has 3 fully saturated rings. The van der Waals surface area contributed by atoms with E-state index in [9.17, 15) is 0 Å². The summed E-state index contributed by atoms with van der Waals surface area (Å²) in [6.07, 6.45) is 10.2. The molecule has 0 amide bonds. The SMILES string of the molecule is CCC1(CN2CCCC3CCCC32)CCNC1. The van der Waals surface area contributed by atoms with Gasteiger partial charge >= 0.3 is 0 Å². The predicted molar refractivity (Wildman–Crippen MR) is 72.1 cm³/mol. The summed E-state index contributed by atoms with van der Waals surface area (Å²) in [5.74, 6) is 1.05. The monoisotopic (exact) mass is 236 g/mol. The second kappa shape index (κ2) is 4.89. The van der Waals surface area contributed by atoms with E-state index in [0.29, 0.717) is 5.41 Å². The quantitative estimate of drug-likeness (QED) is 0.810. The van der Waals surface area contributed by atoms with Crippen LogP contribution < -0.4 is 5.32 Å². The second-order valence-electron chi connectivity index (χ2n) is 6.65. The molecule has 0 aromatic rings. The van der Waals surface area contributed by atoms with Gasteiger partial charge in [0.1, 0.15) is 0 Å². The first-order valence-corrected chi connectivity index (χ1v) is 7.78. The minimum atomic E-state index is 0.602. The van der Waals surface area contributed by atoms with Crippen molar-refractivity contribution in [3.8, 4) is 0 Å². The molecule has 1 saturated carbocycles. The molecule has 0 aromatic heterocycles. The standard InChI is InChI=1S/C15H28N2/c1-2-15(8-9-16-11-15)12-17-10-4-6-13-5-3-7-14(13)17/h13-14,16H,2-12H2,1H3. The van der Waals surface area contributed by atoms with E-state index in [0.717, 1.165) is 12.0 Å². The molecule has 17 heavy (non-hydrogen) atoms. The van der Waals surface area contributed by atoms with Crippen molar-refractivity contribution in [2.75, 3.05) is 26.2 Å². The number of hydrogen-bond donors (Lipinski definition) is 1. The molecular weight excluding hydrogens is 208 g/mol. The molecule has 3 atom stereocenters. The van der Waals surface area contributed by atoms with Crippen LogP contribution in [-0.2, 0) is 0 Å². The van der Waals surface area contributed by atoms with Crippen molar-refractivity contribution in [3.05, 3.63) is 0 Å². The molecule has 2 saturated heterocycles. The molecule has 3 unspecified atom stereocenters. The van der Waals surface area contributed by atoms with Crippen molar-refractivity contribution in [2.45, 2.75) is 57.9 Å². The van der Waals surface area contributed by atoms with Crippen LogP contribution in [0.15, 0.2) is 0 Å². The molecule has 0 radical (unpaired) electrons. The minimum Gasteiger partial charge on any atom is -0.316 e. The van der Waals surface area contributed by atoms with Crippen molar-refractivity contribution < 1.29 is 0 Å². The maximum Gasteiger partial charge on any atom is 0.0124 e. The number of fused-ring (bicyclic) bond motifs is 1. The zero-order valence-electron chi connectivity index (χ0n) is 11.4. The Morgan fingerprint density at radius 1 is 1.24 bits per heavy atom. The molecule has 98 valence electrons. The van der Waals surface area contributed by atoms with Gasteiger partial charge in [-0.2, -0.15) is 0 Å². The van der Waals surface area contributed by atoms with Gasteiger partial charge in [-0.15, -0.1) is 0 Å². The predicted octanol–water partition coefficient (Wildman–Crippen LogP) is 2.64. The van der Waals surface area contributed by atoms with Gasteiger partial charge in [-0.3, -0.25) is 4.90 Å². The zero-order valence-corrected chi connectivity index (χ0v) is 11.4. The van der Waals surface area contributed by atoms with E-state index in [1.165, 1.54) is 71.1 Å². The fourth-order valence-corrected chi connectivity index (χ4v) is 4.53. The van der Waals surface area contributed by atoms with Gasteiger partial charge in [0.2, 0.25) is 0 Å². The van der Waals surface area contributed by atoms with E-state index in [-0.39, 0.29) is 0 Å². The van der Waals surface area contributed by atoms with Crippen molar-refractivity contribution in [3.63, 3.8) is 0 Å². The lowest BCUT2D eigenvalue weighted by Crippen LogP contribution is -2.48. The van der Waals surface area contributed by atoms with Crippen molar-refractivity contribution in [1.82, 2.24) is 10.2 Å². The average Bonchev–Trinajstić information content (AvgIpc) is 2.98. The highest BCUT2D eigenvalue weighted by atomic mass is 15.2. The fourth-order valence-electron chi connectivity index (χ4n) is 4.53. The lowest BCUT2D eigenvalue weighted by atomic mass is 9.81. The van der Waals surface area contributed by atoms with E-state index >= 15 is 0 Å². The van der Waals surface area contributed by atoms with Crippen LogP contribution in [0.3, 0.4) is 0 Å². The highest BCUT2D eigenvalue weighted by Gasteiger charge is 2.40. The molecule has 2 nitrogen and oxygen atoms in total. The maximum absolute atomic E-state index is 3.59. The summed E-state index contributed by atoms with van der Waals surface area (Å²) in [7, 11) is 0. The highest BCUT2D eigenvalue weighted by Crippen LogP contribution is 2.40. The molecule has 0 spiro atoms. The number of likely N-dealkylation sites (tertiary alicyclic amines) is 1. The first kappa shape index (κ1) is 12.0. The summed E-state index contributed by atoms with van der Waals surface area (Å²) >= 11 is 0. The Bertz CT molecular complexity index is 258. The Labute approximate surface area is 106 Å². The van der Waals surface area contributed by atoms with Crippen LogP contribution >= 0.6 is 0 Å². The topological polar surface area (TPSA) is 15.3 Å². The number of nitrogens with one attached hydrogen (secondary N) is 1. The fraction of sp³-hybridized carbons (Fsp3) is 1.00. The van der Waals surface area contributed by atoms with Crippen LogP contribution in [0.5, 0.6) is 0 Å². The van der Waals surface area contributed by atoms with Gasteiger partial charge in [0, 0.05) is 19.1 Å². The lowest BCUT2D eigenvalue weighted by Gasteiger charge is -2.42. The number of hydrogen-bond acceptors (Lipinski definition) is 2. The van der Waals surface area contributed by atoms with Crippen molar-refractivity contribution in [2.24, 2.45) is 11.3 Å². The third kappa shape index (κ3) is 2.26. The zero-order chi connectivity index (χ0) is 11.7. The van der Waals surface area contributed by atoms with Crippen molar-refractivity contribution in [1.29, 1.82) is 0 Å². The molecule has 3 aliphatic rings. The van der Waals surface area contributed by atoms with Gasteiger partial charge in [-0.1, -0.05) is 13.3 Å². The highest BCUT2D eigenvalue weighted by molar-refractivity contribution is 4.95. The van der Waals surface area contributed by atoms with Crippen LogP contribution in [0.4, 0.5) is 0 Å².